The van der Waals surface area contributed by atoms with Gasteiger partial charge in [0.1, 0.15) is 29.6 Å². The van der Waals surface area contributed by atoms with Crippen LogP contribution >= 0.6 is 11.6 Å². The molecule has 0 aliphatic heterocycles. The molecule has 41 heavy (non-hydrogen) atoms. The largest absolute Gasteiger partial charge is 0.417 e. The summed E-state index contributed by atoms with van der Waals surface area (Å²) >= 11 is 5.50. The molecule has 2 aromatic rings. The first-order valence-corrected chi connectivity index (χ1v) is 11.8. The van der Waals surface area contributed by atoms with Crippen LogP contribution in [-0.4, -0.2) is 48.2 Å². The van der Waals surface area contributed by atoms with Crippen molar-refractivity contribution in [3.63, 3.8) is 0 Å². The van der Waals surface area contributed by atoms with Gasteiger partial charge in [-0.1, -0.05) is 23.7 Å². The van der Waals surface area contributed by atoms with E-state index in [0.717, 1.165) is 7.05 Å². The SMILES string of the molecule is CN(CC(F)(F)F)C(=O)C1(NC(=O)c2ccc(/C(F)=C/C(c3ccc(F)c(Cl)c3)C(F)(F)F)cc2C(F)(F)F)CC1. The molecular weight excluding hydrogens is 605 g/mol. The molecule has 2 aromatic carbocycles. The summed E-state index contributed by atoms with van der Waals surface area (Å²) in [5.41, 5.74) is -6.53. The summed E-state index contributed by atoms with van der Waals surface area (Å²) in [6, 6.07) is 2.95. The number of carbonyl (C=O) groups excluding carboxylic acids is 2. The van der Waals surface area contributed by atoms with E-state index in [-0.39, 0.29) is 29.9 Å². The maximum absolute atomic E-state index is 14.9. The van der Waals surface area contributed by atoms with Crippen LogP contribution in [0.1, 0.15) is 45.8 Å². The number of halogens is 12. The molecule has 1 atom stereocenters. The topological polar surface area (TPSA) is 49.4 Å². The zero-order valence-corrected chi connectivity index (χ0v) is 21.3. The second-order valence-corrected chi connectivity index (χ2v) is 9.69. The number of allylic oxidation sites excluding steroid dienone is 1. The predicted octanol–water partition coefficient (Wildman–Crippen LogP) is 7.44. The monoisotopic (exact) mass is 622 g/mol. The highest BCUT2D eigenvalue weighted by molar-refractivity contribution is 6.30. The van der Waals surface area contributed by atoms with Crippen molar-refractivity contribution in [2.75, 3.05) is 13.6 Å². The van der Waals surface area contributed by atoms with Gasteiger partial charge in [0.2, 0.25) is 5.91 Å². The highest BCUT2D eigenvalue weighted by Crippen LogP contribution is 2.42. The second kappa shape index (κ2) is 11.1. The van der Waals surface area contributed by atoms with Crippen LogP contribution in [0.2, 0.25) is 5.02 Å². The van der Waals surface area contributed by atoms with Gasteiger partial charge < -0.3 is 10.2 Å². The summed E-state index contributed by atoms with van der Waals surface area (Å²) in [7, 11) is 0.793. The molecule has 3 rings (SSSR count). The summed E-state index contributed by atoms with van der Waals surface area (Å²) in [6.45, 7) is -1.68. The molecule has 0 aromatic heterocycles. The van der Waals surface area contributed by atoms with Crippen LogP contribution in [0.3, 0.4) is 0 Å². The smallest absolute Gasteiger partial charge is 0.338 e. The minimum absolute atomic E-state index is 0.0485. The maximum Gasteiger partial charge on any atom is 0.417 e. The van der Waals surface area contributed by atoms with Gasteiger partial charge in [-0.3, -0.25) is 9.59 Å². The highest BCUT2D eigenvalue weighted by Gasteiger charge is 2.54. The Labute approximate surface area is 229 Å². The summed E-state index contributed by atoms with van der Waals surface area (Å²) < 4.78 is 149. The van der Waals surface area contributed by atoms with E-state index >= 15 is 0 Å². The standard InChI is InChI=1S/C25H18ClF11N2O2/c1-39(11-23(29,30)31)21(41)22(6-7-22)38-20(40)14-4-2-13(8-16(14)25(35,36)37)19(28)10-15(24(32,33)34)12-3-5-18(27)17(26)9-12/h2-5,8-10,15H,6-7,11H2,1H3,(H,38,40)/b19-10-. The van der Waals surface area contributed by atoms with Crippen molar-refractivity contribution in [3.8, 4) is 0 Å². The van der Waals surface area contributed by atoms with Gasteiger partial charge in [-0.25, -0.2) is 8.78 Å². The third-order valence-corrected chi connectivity index (χ3v) is 6.38. The van der Waals surface area contributed by atoms with Crippen LogP contribution in [0.5, 0.6) is 0 Å². The normalized spacial score (nSPS) is 16.3. The van der Waals surface area contributed by atoms with Gasteiger partial charge in [-0.05, 0) is 48.7 Å². The van der Waals surface area contributed by atoms with Gasteiger partial charge in [0.05, 0.1) is 16.1 Å². The van der Waals surface area contributed by atoms with Crippen LogP contribution in [0.4, 0.5) is 48.3 Å². The Morgan fingerprint density at radius 3 is 2.12 bits per heavy atom. The highest BCUT2D eigenvalue weighted by atomic mass is 35.5. The molecule has 1 aliphatic carbocycles. The quantitative estimate of drug-likeness (QED) is 0.327. The maximum atomic E-state index is 14.9. The Morgan fingerprint density at radius 1 is 1.02 bits per heavy atom. The first-order valence-electron chi connectivity index (χ1n) is 11.4. The number of amides is 2. The lowest BCUT2D eigenvalue weighted by atomic mass is 9.95. The molecule has 0 bridgehead atoms. The van der Waals surface area contributed by atoms with Crippen molar-refractivity contribution in [2.45, 2.75) is 42.8 Å². The summed E-state index contributed by atoms with van der Waals surface area (Å²) in [4.78, 5) is 25.4. The molecule has 1 N–H and O–H groups in total. The number of nitrogens with one attached hydrogen (secondary N) is 1. The first kappa shape index (κ1) is 32.2. The summed E-state index contributed by atoms with van der Waals surface area (Å²) in [5.74, 6) is -8.29. The minimum Gasteiger partial charge on any atom is -0.338 e. The number of carbonyl (C=O) groups is 2. The molecule has 1 saturated carbocycles. The number of rotatable bonds is 7. The number of alkyl halides is 9. The average Bonchev–Trinajstić information content (AvgIpc) is 3.61. The molecule has 1 fully saturated rings. The van der Waals surface area contributed by atoms with E-state index in [9.17, 15) is 57.9 Å². The molecule has 16 heteroatoms. The minimum atomic E-state index is -5.34. The summed E-state index contributed by atoms with van der Waals surface area (Å²) in [6.07, 6.45) is -15.7. The van der Waals surface area contributed by atoms with E-state index in [1.807, 2.05) is 5.32 Å². The van der Waals surface area contributed by atoms with Crippen LogP contribution in [0.15, 0.2) is 42.5 Å². The zero-order valence-electron chi connectivity index (χ0n) is 20.5. The molecule has 1 unspecified atom stereocenters. The molecule has 0 heterocycles. The Bertz CT molecular complexity index is 1360. The molecule has 0 saturated heterocycles. The van der Waals surface area contributed by atoms with Gasteiger partial charge in [0.25, 0.3) is 5.91 Å². The van der Waals surface area contributed by atoms with E-state index in [2.05, 4.69) is 0 Å². The van der Waals surface area contributed by atoms with E-state index in [1.54, 1.807) is 0 Å². The molecule has 1 aliphatic rings. The van der Waals surface area contributed by atoms with Gasteiger partial charge in [0, 0.05) is 12.6 Å². The van der Waals surface area contributed by atoms with Crippen molar-refractivity contribution in [1.29, 1.82) is 0 Å². The first-order chi connectivity index (χ1) is 18.6. The number of likely N-dealkylation sites (N-methyl/N-ethyl adjacent to an activating group) is 1. The second-order valence-electron chi connectivity index (χ2n) is 9.28. The lowest BCUT2D eigenvalue weighted by Crippen LogP contribution is -2.51. The lowest BCUT2D eigenvalue weighted by molar-refractivity contribution is -0.160. The van der Waals surface area contributed by atoms with Crippen LogP contribution < -0.4 is 5.32 Å². The molecule has 0 radical (unpaired) electrons. The number of nitrogens with zero attached hydrogens (tertiary/aromatic N) is 1. The molecule has 0 spiro atoms. The van der Waals surface area contributed by atoms with E-state index in [4.69, 9.17) is 11.6 Å². The molecule has 4 nitrogen and oxygen atoms in total. The third kappa shape index (κ3) is 7.68. The van der Waals surface area contributed by atoms with E-state index < -0.39 is 87.3 Å². The zero-order chi connectivity index (χ0) is 31.1. The van der Waals surface area contributed by atoms with Crippen molar-refractivity contribution < 1.29 is 57.9 Å². The molecular formula is C25H18ClF11N2O2. The van der Waals surface area contributed by atoms with Crippen LogP contribution in [0.25, 0.3) is 5.83 Å². The van der Waals surface area contributed by atoms with E-state index in [1.165, 1.54) is 0 Å². The number of hydrogen-bond acceptors (Lipinski definition) is 2. The van der Waals surface area contributed by atoms with Gasteiger partial charge >= 0.3 is 18.5 Å². The van der Waals surface area contributed by atoms with Crippen molar-refractivity contribution in [1.82, 2.24) is 10.2 Å². The van der Waals surface area contributed by atoms with Crippen molar-refractivity contribution in [3.05, 3.63) is 75.6 Å². The average molecular weight is 623 g/mol. The van der Waals surface area contributed by atoms with Gasteiger partial charge in [0.15, 0.2) is 0 Å². The van der Waals surface area contributed by atoms with Gasteiger partial charge in [-0.2, -0.15) is 39.5 Å². The Kier molecular flexibility index (Phi) is 8.74. The fourth-order valence-electron chi connectivity index (χ4n) is 3.96. The van der Waals surface area contributed by atoms with Gasteiger partial charge in [-0.15, -0.1) is 0 Å². The van der Waals surface area contributed by atoms with E-state index in [0.29, 0.717) is 30.3 Å². The third-order valence-electron chi connectivity index (χ3n) is 6.09. The van der Waals surface area contributed by atoms with Crippen LogP contribution in [0, 0.1) is 5.82 Å². The van der Waals surface area contributed by atoms with Crippen molar-refractivity contribution in [2.24, 2.45) is 0 Å². The fourth-order valence-corrected chi connectivity index (χ4v) is 4.15. The predicted molar refractivity (Wildman–Crippen MR) is 124 cm³/mol. The number of benzene rings is 2. The molecule has 224 valence electrons. The lowest BCUT2D eigenvalue weighted by Gasteiger charge is -2.25. The van der Waals surface area contributed by atoms with Crippen molar-refractivity contribution >= 4 is 29.2 Å². The Morgan fingerprint density at radius 2 is 1.63 bits per heavy atom. The Balaban J connectivity index is 1.95. The van der Waals surface area contributed by atoms with Crippen LogP contribution in [-0.2, 0) is 11.0 Å². The summed E-state index contributed by atoms with van der Waals surface area (Å²) in [5, 5.41) is 1.29. The fraction of sp³-hybridized carbons (Fsp3) is 0.360. The molecule has 2 amide bonds. The Hall–Kier alpha value is -3.36. The number of hydrogen-bond donors (Lipinski definition) is 1.